The molecule has 0 aliphatic carbocycles. The van der Waals surface area contributed by atoms with Crippen molar-refractivity contribution in [2.24, 2.45) is 0 Å². The first-order chi connectivity index (χ1) is 13.4. The molecule has 1 aromatic carbocycles. The van der Waals surface area contributed by atoms with Gasteiger partial charge in [0.25, 0.3) is 5.91 Å². The molecule has 2 aromatic heterocycles. The smallest absolute Gasteiger partial charge is 0.253 e. The van der Waals surface area contributed by atoms with E-state index in [4.69, 9.17) is 0 Å². The Bertz CT molecular complexity index is 1070. The number of benzene rings is 1. The Morgan fingerprint density at radius 2 is 1.75 bits per heavy atom. The van der Waals surface area contributed by atoms with Crippen LogP contribution in [0.2, 0.25) is 0 Å². The van der Waals surface area contributed by atoms with Gasteiger partial charge in [-0.15, -0.1) is 15.3 Å². The topological polar surface area (TPSA) is 111 Å². The van der Waals surface area contributed by atoms with Gasteiger partial charge < -0.3 is 4.90 Å². The third kappa shape index (κ3) is 3.67. The number of nitrogens with zero attached hydrogens (tertiary/aromatic N) is 6. The van der Waals surface area contributed by atoms with Crippen molar-refractivity contribution < 1.29 is 13.2 Å². The summed E-state index contributed by atoms with van der Waals surface area (Å²) in [6.45, 7) is 1.11. The van der Waals surface area contributed by atoms with Gasteiger partial charge in [-0.1, -0.05) is 4.49 Å². The molecule has 1 aliphatic heterocycles. The maximum absolute atomic E-state index is 12.8. The summed E-state index contributed by atoms with van der Waals surface area (Å²) in [4.78, 5) is 14.6. The molecule has 1 amide bonds. The summed E-state index contributed by atoms with van der Waals surface area (Å²) in [6, 6.07) is 7.27. The first-order valence-electron chi connectivity index (χ1n) is 8.70. The van der Waals surface area contributed by atoms with Crippen LogP contribution in [-0.2, 0) is 9.84 Å². The molecule has 146 valence electrons. The van der Waals surface area contributed by atoms with E-state index in [9.17, 15) is 13.2 Å². The number of likely N-dealkylation sites (tertiary alicyclic amines) is 1. The summed E-state index contributed by atoms with van der Waals surface area (Å²) in [5.41, 5.74) is 2.03. The lowest BCUT2D eigenvalue weighted by Crippen LogP contribution is -2.38. The second-order valence-corrected chi connectivity index (χ2v) is 9.67. The molecule has 0 bridgehead atoms. The number of hydrogen-bond donors (Lipinski definition) is 0. The molecule has 0 N–H and O–H groups in total. The number of aromatic nitrogens is 5. The van der Waals surface area contributed by atoms with Gasteiger partial charge in [0.05, 0.1) is 5.69 Å². The van der Waals surface area contributed by atoms with Crippen molar-refractivity contribution in [2.75, 3.05) is 19.3 Å². The Morgan fingerprint density at radius 3 is 2.36 bits per heavy atom. The van der Waals surface area contributed by atoms with Crippen LogP contribution in [0.25, 0.3) is 5.69 Å². The fourth-order valence-electron chi connectivity index (χ4n) is 3.34. The van der Waals surface area contributed by atoms with Gasteiger partial charge in [0.15, 0.2) is 14.0 Å². The van der Waals surface area contributed by atoms with E-state index in [1.165, 1.54) is 6.26 Å². The van der Waals surface area contributed by atoms with Gasteiger partial charge in [-0.25, -0.2) is 8.42 Å². The largest absolute Gasteiger partial charge is 0.339 e. The third-order valence-electron chi connectivity index (χ3n) is 4.82. The predicted molar refractivity (Wildman–Crippen MR) is 102 cm³/mol. The standard InChI is InChI=1S/C17H18N6O3S2/c1-28(25,26)17-15(20-21-27-17)12-6-8-22(9-7-12)16(24)13-2-4-14(5-3-13)23-10-18-19-11-23/h2-5,10-12H,6-9H2,1H3. The van der Waals surface area contributed by atoms with Crippen LogP contribution in [0.15, 0.2) is 41.1 Å². The summed E-state index contributed by atoms with van der Waals surface area (Å²) >= 11 is 0.914. The van der Waals surface area contributed by atoms with Crippen LogP contribution in [-0.4, -0.2) is 62.9 Å². The fourth-order valence-corrected chi connectivity index (χ4v) is 5.08. The van der Waals surface area contributed by atoms with Crippen molar-refractivity contribution in [3.63, 3.8) is 0 Å². The highest BCUT2D eigenvalue weighted by molar-refractivity contribution is 7.92. The van der Waals surface area contributed by atoms with Crippen molar-refractivity contribution in [3.05, 3.63) is 48.2 Å². The highest BCUT2D eigenvalue weighted by Crippen LogP contribution is 2.33. The number of rotatable bonds is 4. The van der Waals surface area contributed by atoms with E-state index >= 15 is 0 Å². The summed E-state index contributed by atoms with van der Waals surface area (Å²) in [5, 5.41) is 11.6. The molecule has 0 atom stereocenters. The summed E-state index contributed by atoms with van der Waals surface area (Å²) in [5.74, 6) is -0.0304. The number of piperidine rings is 1. The SMILES string of the molecule is CS(=O)(=O)c1snnc1C1CCN(C(=O)c2ccc(-n3cnnc3)cc2)CC1. The van der Waals surface area contributed by atoms with E-state index < -0.39 is 9.84 Å². The number of carbonyl (C=O) groups is 1. The molecule has 11 heteroatoms. The van der Waals surface area contributed by atoms with Crippen molar-refractivity contribution in [3.8, 4) is 5.69 Å². The molecule has 0 spiro atoms. The molecule has 0 saturated carbocycles. The predicted octanol–water partition coefficient (Wildman–Crippen LogP) is 1.54. The number of amides is 1. The normalized spacial score (nSPS) is 15.7. The van der Waals surface area contributed by atoms with Crippen LogP contribution in [0.3, 0.4) is 0 Å². The van der Waals surface area contributed by atoms with E-state index in [-0.39, 0.29) is 16.0 Å². The third-order valence-corrected chi connectivity index (χ3v) is 7.37. The first kappa shape index (κ1) is 18.7. The highest BCUT2D eigenvalue weighted by atomic mass is 32.2. The Hall–Kier alpha value is -2.66. The summed E-state index contributed by atoms with van der Waals surface area (Å²) in [7, 11) is -3.33. The van der Waals surface area contributed by atoms with Gasteiger partial charge in [-0.2, -0.15) is 0 Å². The maximum atomic E-state index is 12.8. The molecule has 3 heterocycles. The second-order valence-electron chi connectivity index (χ2n) is 6.70. The fraction of sp³-hybridized carbons (Fsp3) is 0.353. The molecular formula is C17H18N6O3S2. The molecule has 1 saturated heterocycles. The minimum absolute atomic E-state index is 0.00337. The highest BCUT2D eigenvalue weighted by Gasteiger charge is 2.30. The minimum atomic E-state index is -3.33. The lowest BCUT2D eigenvalue weighted by molar-refractivity contribution is 0.0711. The van der Waals surface area contributed by atoms with Crippen molar-refractivity contribution in [2.45, 2.75) is 23.0 Å². The molecule has 4 rings (SSSR count). The molecule has 1 fully saturated rings. The average Bonchev–Trinajstić information content (AvgIpc) is 3.39. The van der Waals surface area contributed by atoms with Crippen LogP contribution in [0.5, 0.6) is 0 Å². The van der Waals surface area contributed by atoms with E-state index in [1.54, 1.807) is 34.3 Å². The van der Waals surface area contributed by atoms with Crippen LogP contribution in [0, 0.1) is 0 Å². The lowest BCUT2D eigenvalue weighted by atomic mass is 9.94. The molecule has 0 unspecified atom stereocenters. The lowest BCUT2D eigenvalue weighted by Gasteiger charge is -2.31. The van der Waals surface area contributed by atoms with Crippen molar-refractivity contribution >= 4 is 27.3 Å². The van der Waals surface area contributed by atoms with Crippen molar-refractivity contribution in [1.82, 2.24) is 29.3 Å². The van der Waals surface area contributed by atoms with Crippen LogP contribution < -0.4 is 0 Å². The van der Waals surface area contributed by atoms with E-state index in [2.05, 4.69) is 19.8 Å². The van der Waals surface area contributed by atoms with Crippen molar-refractivity contribution in [1.29, 1.82) is 0 Å². The molecule has 28 heavy (non-hydrogen) atoms. The minimum Gasteiger partial charge on any atom is -0.339 e. The quantitative estimate of drug-likeness (QED) is 0.632. The molecule has 3 aromatic rings. The van der Waals surface area contributed by atoms with Crippen LogP contribution in [0.1, 0.15) is 34.8 Å². The van der Waals surface area contributed by atoms with E-state index in [0.29, 0.717) is 37.2 Å². The second kappa shape index (κ2) is 7.40. The van der Waals surface area contributed by atoms with E-state index in [1.807, 2.05) is 12.1 Å². The molecule has 9 nitrogen and oxygen atoms in total. The van der Waals surface area contributed by atoms with E-state index in [0.717, 1.165) is 17.2 Å². The maximum Gasteiger partial charge on any atom is 0.253 e. The summed E-state index contributed by atoms with van der Waals surface area (Å²) < 4.78 is 29.6. The monoisotopic (exact) mass is 418 g/mol. The number of hydrogen-bond acceptors (Lipinski definition) is 8. The van der Waals surface area contributed by atoms with Gasteiger partial charge in [0.2, 0.25) is 0 Å². The van der Waals surface area contributed by atoms with Crippen LogP contribution >= 0.6 is 11.5 Å². The molecular weight excluding hydrogens is 400 g/mol. The van der Waals surface area contributed by atoms with Gasteiger partial charge in [-0.05, 0) is 37.1 Å². The molecule has 0 radical (unpaired) electrons. The number of sulfone groups is 1. The van der Waals surface area contributed by atoms with Gasteiger partial charge in [0.1, 0.15) is 12.7 Å². The van der Waals surface area contributed by atoms with Gasteiger partial charge >= 0.3 is 0 Å². The Balaban J connectivity index is 1.43. The zero-order valence-electron chi connectivity index (χ0n) is 15.1. The zero-order chi connectivity index (χ0) is 19.7. The molecule has 1 aliphatic rings. The number of carbonyl (C=O) groups excluding carboxylic acids is 1. The zero-order valence-corrected chi connectivity index (χ0v) is 16.7. The first-order valence-corrected chi connectivity index (χ1v) is 11.4. The Morgan fingerprint density at radius 1 is 1.11 bits per heavy atom. The Kier molecular flexibility index (Phi) is 4.94. The van der Waals surface area contributed by atoms with Gasteiger partial charge in [-0.3, -0.25) is 9.36 Å². The van der Waals surface area contributed by atoms with Crippen LogP contribution in [0.4, 0.5) is 0 Å². The summed E-state index contributed by atoms with van der Waals surface area (Å²) in [6.07, 6.45) is 5.70. The Labute approximate surface area is 166 Å². The van der Waals surface area contributed by atoms with Gasteiger partial charge in [0, 0.05) is 48.0 Å². The average molecular weight is 419 g/mol.